The van der Waals surface area contributed by atoms with Crippen LogP contribution >= 0.6 is 23.2 Å². The molecule has 3 nitrogen and oxygen atoms in total. The van der Waals surface area contributed by atoms with E-state index in [0.717, 1.165) is 0 Å². The van der Waals surface area contributed by atoms with E-state index < -0.39 is 6.04 Å². The molecule has 0 aliphatic heterocycles. The summed E-state index contributed by atoms with van der Waals surface area (Å²) < 4.78 is 5.05. The van der Waals surface area contributed by atoms with E-state index in [4.69, 9.17) is 27.9 Å². The van der Waals surface area contributed by atoms with E-state index >= 15 is 0 Å². The Kier molecular flexibility index (Phi) is 5.93. The van der Waals surface area contributed by atoms with E-state index in [2.05, 4.69) is 5.32 Å². The highest BCUT2D eigenvalue weighted by Gasteiger charge is 2.26. The fourth-order valence-electron chi connectivity index (χ4n) is 1.61. The summed E-state index contributed by atoms with van der Waals surface area (Å²) in [6.07, 6.45) is 0. The second kappa shape index (κ2) is 6.98. The zero-order valence-electron chi connectivity index (χ0n) is 10.7. The summed E-state index contributed by atoms with van der Waals surface area (Å²) >= 11 is 12.2. The van der Waals surface area contributed by atoms with E-state index in [9.17, 15) is 4.79 Å². The van der Waals surface area contributed by atoms with Gasteiger partial charge in [0.1, 0.15) is 6.04 Å². The lowest BCUT2D eigenvalue weighted by Gasteiger charge is -2.22. The third kappa shape index (κ3) is 3.87. The largest absolute Gasteiger partial charge is 0.465 e. The molecule has 1 rings (SSSR count). The summed E-state index contributed by atoms with van der Waals surface area (Å²) in [7, 11) is 0. The molecule has 0 aliphatic rings. The predicted octanol–water partition coefficient (Wildman–Crippen LogP) is 3.60. The molecule has 0 aliphatic carbocycles. The zero-order valence-corrected chi connectivity index (χ0v) is 12.2. The fraction of sp³-hybridized carbons (Fsp3) is 0.462. The van der Waals surface area contributed by atoms with Crippen LogP contribution in [0.15, 0.2) is 18.2 Å². The number of esters is 1. The van der Waals surface area contributed by atoms with Crippen molar-refractivity contribution >= 4 is 29.2 Å². The Morgan fingerprint density at radius 1 is 1.33 bits per heavy atom. The van der Waals surface area contributed by atoms with Gasteiger partial charge in [0.15, 0.2) is 0 Å². The SMILES string of the molecule is CCOC(=O)C(NC(C)C)c1c(Cl)cccc1Cl. The van der Waals surface area contributed by atoms with Gasteiger partial charge in [0, 0.05) is 21.7 Å². The van der Waals surface area contributed by atoms with Gasteiger partial charge in [-0.3, -0.25) is 5.32 Å². The third-order valence-electron chi connectivity index (χ3n) is 2.31. The molecule has 5 heteroatoms. The molecular formula is C13H17Cl2NO2. The molecule has 100 valence electrons. The van der Waals surface area contributed by atoms with E-state index in [1.165, 1.54) is 0 Å². The number of halogens is 2. The molecule has 1 aromatic rings. The van der Waals surface area contributed by atoms with Gasteiger partial charge in [-0.25, -0.2) is 4.79 Å². The maximum absolute atomic E-state index is 12.0. The molecule has 0 heterocycles. The van der Waals surface area contributed by atoms with Crippen LogP contribution in [0, 0.1) is 0 Å². The highest BCUT2D eigenvalue weighted by atomic mass is 35.5. The lowest BCUT2D eigenvalue weighted by molar-refractivity contribution is -0.146. The van der Waals surface area contributed by atoms with Gasteiger partial charge in [0.25, 0.3) is 0 Å². The highest BCUT2D eigenvalue weighted by Crippen LogP contribution is 2.31. The molecule has 0 radical (unpaired) electrons. The van der Waals surface area contributed by atoms with Crippen LogP contribution in [0.4, 0.5) is 0 Å². The lowest BCUT2D eigenvalue weighted by atomic mass is 10.1. The molecule has 1 unspecified atom stereocenters. The van der Waals surface area contributed by atoms with E-state index in [1.54, 1.807) is 25.1 Å². The molecule has 0 saturated heterocycles. The zero-order chi connectivity index (χ0) is 13.7. The maximum Gasteiger partial charge on any atom is 0.327 e. The Hall–Kier alpha value is -0.770. The Bertz CT molecular complexity index is 401. The lowest BCUT2D eigenvalue weighted by Crippen LogP contribution is -2.35. The van der Waals surface area contributed by atoms with Crippen LogP contribution in [0.25, 0.3) is 0 Å². The first kappa shape index (κ1) is 15.3. The summed E-state index contributed by atoms with van der Waals surface area (Å²) in [6, 6.07) is 4.61. The normalized spacial score (nSPS) is 12.6. The van der Waals surface area contributed by atoms with E-state index in [1.807, 2.05) is 13.8 Å². The second-order valence-corrected chi connectivity index (χ2v) is 4.96. The molecule has 0 fully saturated rings. The van der Waals surface area contributed by atoms with Gasteiger partial charge in [-0.15, -0.1) is 0 Å². The highest BCUT2D eigenvalue weighted by molar-refractivity contribution is 6.36. The van der Waals surface area contributed by atoms with Crippen LogP contribution in [-0.4, -0.2) is 18.6 Å². The Labute approximate surface area is 117 Å². The van der Waals surface area contributed by atoms with Crippen LogP contribution < -0.4 is 5.32 Å². The summed E-state index contributed by atoms with van der Waals surface area (Å²) in [5.74, 6) is -0.374. The summed E-state index contributed by atoms with van der Waals surface area (Å²) in [4.78, 5) is 12.0. The average Bonchev–Trinajstić information content (AvgIpc) is 2.27. The molecule has 0 spiro atoms. The van der Waals surface area contributed by atoms with E-state index in [0.29, 0.717) is 22.2 Å². The number of hydrogen-bond donors (Lipinski definition) is 1. The van der Waals surface area contributed by atoms with Crippen LogP contribution in [0.2, 0.25) is 10.0 Å². The first-order valence-electron chi connectivity index (χ1n) is 5.84. The molecule has 0 saturated carbocycles. The van der Waals surface area contributed by atoms with Gasteiger partial charge in [-0.05, 0) is 32.9 Å². The summed E-state index contributed by atoms with van der Waals surface area (Å²) in [6.45, 7) is 5.96. The number of nitrogens with one attached hydrogen (secondary N) is 1. The van der Waals surface area contributed by atoms with Crippen molar-refractivity contribution in [1.82, 2.24) is 5.32 Å². The Morgan fingerprint density at radius 2 is 1.89 bits per heavy atom. The van der Waals surface area contributed by atoms with Crippen LogP contribution in [-0.2, 0) is 9.53 Å². The second-order valence-electron chi connectivity index (χ2n) is 4.14. The van der Waals surface area contributed by atoms with Crippen molar-refractivity contribution in [1.29, 1.82) is 0 Å². The number of benzene rings is 1. The van der Waals surface area contributed by atoms with Gasteiger partial charge in [0.2, 0.25) is 0 Å². The number of carbonyl (C=O) groups is 1. The molecule has 0 bridgehead atoms. The molecule has 1 aromatic carbocycles. The van der Waals surface area contributed by atoms with Crippen LogP contribution in [0.5, 0.6) is 0 Å². The fourth-order valence-corrected chi connectivity index (χ4v) is 2.23. The molecule has 1 N–H and O–H groups in total. The van der Waals surface area contributed by atoms with Crippen molar-refractivity contribution in [3.63, 3.8) is 0 Å². The number of hydrogen-bond acceptors (Lipinski definition) is 3. The number of rotatable bonds is 5. The first-order chi connectivity index (χ1) is 8.47. The molecule has 0 amide bonds. The minimum Gasteiger partial charge on any atom is -0.465 e. The molecule has 1 atom stereocenters. The van der Waals surface area contributed by atoms with Crippen LogP contribution in [0.3, 0.4) is 0 Å². The van der Waals surface area contributed by atoms with Gasteiger partial charge in [-0.1, -0.05) is 29.3 Å². The first-order valence-corrected chi connectivity index (χ1v) is 6.59. The quantitative estimate of drug-likeness (QED) is 0.842. The van der Waals surface area contributed by atoms with Gasteiger partial charge in [0.05, 0.1) is 6.61 Å². The van der Waals surface area contributed by atoms with Crippen LogP contribution in [0.1, 0.15) is 32.4 Å². The topological polar surface area (TPSA) is 38.3 Å². The standard InChI is InChI=1S/C13H17Cl2NO2/c1-4-18-13(17)12(16-8(2)3)11-9(14)6-5-7-10(11)15/h5-8,12,16H,4H2,1-3H3. The van der Waals surface area contributed by atoms with Crippen molar-refractivity contribution in [3.05, 3.63) is 33.8 Å². The summed E-state index contributed by atoms with van der Waals surface area (Å²) in [5.41, 5.74) is 0.563. The number of carbonyl (C=O) groups excluding carboxylic acids is 1. The molecule has 0 aromatic heterocycles. The summed E-state index contributed by atoms with van der Waals surface area (Å²) in [5, 5.41) is 4.02. The molecule has 18 heavy (non-hydrogen) atoms. The van der Waals surface area contributed by atoms with Crippen molar-refractivity contribution in [2.45, 2.75) is 32.9 Å². The van der Waals surface area contributed by atoms with E-state index in [-0.39, 0.29) is 12.0 Å². The maximum atomic E-state index is 12.0. The smallest absolute Gasteiger partial charge is 0.327 e. The predicted molar refractivity (Wildman–Crippen MR) is 74.1 cm³/mol. The van der Waals surface area contributed by atoms with Gasteiger partial charge in [-0.2, -0.15) is 0 Å². The van der Waals surface area contributed by atoms with Crippen molar-refractivity contribution in [3.8, 4) is 0 Å². The number of ether oxygens (including phenoxy) is 1. The van der Waals surface area contributed by atoms with Crippen molar-refractivity contribution < 1.29 is 9.53 Å². The van der Waals surface area contributed by atoms with Gasteiger partial charge < -0.3 is 4.74 Å². The minimum atomic E-state index is -0.647. The third-order valence-corrected chi connectivity index (χ3v) is 2.97. The van der Waals surface area contributed by atoms with Crippen molar-refractivity contribution in [2.75, 3.05) is 6.61 Å². The molecular weight excluding hydrogens is 273 g/mol. The Balaban J connectivity index is 3.13. The Morgan fingerprint density at radius 3 is 2.33 bits per heavy atom. The average molecular weight is 290 g/mol. The monoisotopic (exact) mass is 289 g/mol. The van der Waals surface area contributed by atoms with Gasteiger partial charge >= 0.3 is 5.97 Å². The van der Waals surface area contributed by atoms with Crippen molar-refractivity contribution in [2.24, 2.45) is 0 Å². The minimum absolute atomic E-state index is 0.103.